The summed E-state index contributed by atoms with van der Waals surface area (Å²) in [6.45, 7) is 6.34. The molecular formula is C15H22N2O. The van der Waals surface area contributed by atoms with Crippen LogP contribution in [0.25, 0.3) is 0 Å². The minimum Gasteiger partial charge on any atom is -0.325 e. The van der Waals surface area contributed by atoms with Crippen molar-refractivity contribution < 1.29 is 4.79 Å². The summed E-state index contributed by atoms with van der Waals surface area (Å²) in [5, 5.41) is 2.97. The predicted octanol–water partition coefficient (Wildman–Crippen LogP) is 2.75. The van der Waals surface area contributed by atoms with E-state index in [4.69, 9.17) is 0 Å². The summed E-state index contributed by atoms with van der Waals surface area (Å²) >= 11 is 0. The minimum absolute atomic E-state index is 0.0438. The third kappa shape index (κ3) is 3.33. The highest BCUT2D eigenvalue weighted by Crippen LogP contribution is 2.18. The minimum atomic E-state index is -0.0438. The molecule has 0 bridgehead atoms. The van der Waals surface area contributed by atoms with Crippen molar-refractivity contribution in [3.63, 3.8) is 0 Å². The van der Waals surface area contributed by atoms with Crippen LogP contribution in [0.3, 0.4) is 0 Å². The number of likely N-dealkylation sites (tertiary alicyclic amines) is 1. The monoisotopic (exact) mass is 246 g/mol. The van der Waals surface area contributed by atoms with Crippen molar-refractivity contribution in [3.8, 4) is 0 Å². The molecule has 0 aromatic heterocycles. The average molecular weight is 246 g/mol. The van der Waals surface area contributed by atoms with Crippen molar-refractivity contribution >= 4 is 11.6 Å². The number of nitrogens with one attached hydrogen (secondary N) is 1. The molecule has 0 radical (unpaired) electrons. The third-order valence-corrected chi connectivity index (χ3v) is 3.79. The van der Waals surface area contributed by atoms with Gasteiger partial charge in [0.1, 0.15) is 0 Å². The van der Waals surface area contributed by atoms with Crippen molar-refractivity contribution in [1.29, 1.82) is 0 Å². The van der Waals surface area contributed by atoms with Gasteiger partial charge in [-0.05, 0) is 50.9 Å². The molecule has 3 nitrogen and oxygen atoms in total. The van der Waals surface area contributed by atoms with E-state index in [-0.39, 0.29) is 11.9 Å². The lowest BCUT2D eigenvalue weighted by atomic mass is 9.98. The molecule has 1 fully saturated rings. The Morgan fingerprint density at radius 3 is 2.50 bits per heavy atom. The molecule has 2 rings (SSSR count). The second-order valence-corrected chi connectivity index (χ2v) is 5.25. The van der Waals surface area contributed by atoms with Crippen LogP contribution in [0.2, 0.25) is 0 Å². The van der Waals surface area contributed by atoms with Gasteiger partial charge in [0.05, 0.1) is 6.04 Å². The number of carbonyl (C=O) groups excluding carboxylic acids is 1. The van der Waals surface area contributed by atoms with Gasteiger partial charge in [-0.25, -0.2) is 0 Å². The van der Waals surface area contributed by atoms with Crippen LogP contribution in [0.5, 0.6) is 0 Å². The maximum Gasteiger partial charge on any atom is 0.241 e. The largest absolute Gasteiger partial charge is 0.325 e. The zero-order valence-electron chi connectivity index (χ0n) is 11.2. The van der Waals surface area contributed by atoms with Crippen LogP contribution < -0.4 is 5.32 Å². The van der Waals surface area contributed by atoms with Crippen molar-refractivity contribution in [1.82, 2.24) is 4.90 Å². The predicted molar refractivity (Wildman–Crippen MR) is 74.5 cm³/mol. The quantitative estimate of drug-likeness (QED) is 0.889. The van der Waals surface area contributed by atoms with Gasteiger partial charge in [0.2, 0.25) is 5.91 Å². The van der Waals surface area contributed by atoms with E-state index < -0.39 is 0 Å². The SMILES string of the molecule is CC1CCN([C@@H](C)C(=O)Nc2ccccc2)CC1. The molecule has 3 heteroatoms. The molecule has 0 spiro atoms. The molecule has 1 aliphatic rings. The number of hydrogen-bond acceptors (Lipinski definition) is 2. The highest BCUT2D eigenvalue weighted by atomic mass is 16.2. The van der Waals surface area contributed by atoms with Crippen LogP contribution in [0, 0.1) is 5.92 Å². The van der Waals surface area contributed by atoms with Crippen LogP contribution in [0.1, 0.15) is 26.7 Å². The molecule has 98 valence electrons. The van der Waals surface area contributed by atoms with Gasteiger partial charge in [-0.1, -0.05) is 25.1 Å². The number of para-hydroxylation sites is 1. The summed E-state index contributed by atoms with van der Waals surface area (Å²) in [5.74, 6) is 0.890. The Hall–Kier alpha value is -1.35. The fraction of sp³-hybridized carbons (Fsp3) is 0.533. The zero-order valence-corrected chi connectivity index (χ0v) is 11.2. The Labute approximate surface area is 109 Å². The number of carbonyl (C=O) groups is 1. The number of amides is 1. The zero-order chi connectivity index (χ0) is 13.0. The molecule has 1 aromatic carbocycles. The van der Waals surface area contributed by atoms with Gasteiger partial charge in [-0.3, -0.25) is 9.69 Å². The van der Waals surface area contributed by atoms with Gasteiger partial charge in [0.25, 0.3) is 0 Å². The Balaban J connectivity index is 1.89. The molecule has 1 N–H and O–H groups in total. The van der Waals surface area contributed by atoms with E-state index in [9.17, 15) is 4.79 Å². The lowest BCUT2D eigenvalue weighted by Crippen LogP contribution is -2.45. The fourth-order valence-electron chi connectivity index (χ4n) is 2.35. The summed E-state index contributed by atoms with van der Waals surface area (Å²) in [6, 6.07) is 9.61. The summed E-state index contributed by atoms with van der Waals surface area (Å²) in [6.07, 6.45) is 2.39. The van der Waals surface area contributed by atoms with E-state index >= 15 is 0 Å². The molecule has 1 atom stereocenters. The molecule has 0 unspecified atom stereocenters. The first kappa shape index (κ1) is 13.1. The normalized spacial score (nSPS) is 19.4. The molecule has 1 aromatic rings. The molecule has 1 amide bonds. The average Bonchev–Trinajstić information content (AvgIpc) is 2.40. The van der Waals surface area contributed by atoms with E-state index in [1.807, 2.05) is 37.3 Å². The molecule has 0 aliphatic carbocycles. The summed E-state index contributed by atoms with van der Waals surface area (Å²) in [5.41, 5.74) is 0.875. The van der Waals surface area contributed by atoms with Gasteiger partial charge in [-0.2, -0.15) is 0 Å². The van der Waals surface area contributed by atoms with E-state index in [1.54, 1.807) is 0 Å². The van der Waals surface area contributed by atoms with Crippen LogP contribution in [0.4, 0.5) is 5.69 Å². The Morgan fingerprint density at radius 2 is 1.89 bits per heavy atom. The second-order valence-electron chi connectivity index (χ2n) is 5.25. The van der Waals surface area contributed by atoms with E-state index in [0.717, 1.165) is 24.7 Å². The Kier molecular flexibility index (Phi) is 4.37. The maximum absolute atomic E-state index is 12.1. The molecule has 1 saturated heterocycles. The number of hydrogen-bond donors (Lipinski definition) is 1. The van der Waals surface area contributed by atoms with Crippen LogP contribution >= 0.6 is 0 Å². The van der Waals surface area contributed by atoms with Crippen molar-refractivity contribution in [2.45, 2.75) is 32.7 Å². The van der Waals surface area contributed by atoms with Gasteiger partial charge < -0.3 is 5.32 Å². The van der Waals surface area contributed by atoms with Crippen LogP contribution in [-0.2, 0) is 4.79 Å². The van der Waals surface area contributed by atoms with E-state index in [2.05, 4.69) is 17.1 Å². The molecule has 1 heterocycles. The topological polar surface area (TPSA) is 32.3 Å². The van der Waals surface area contributed by atoms with Gasteiger partial charge in [0.15, 0.2) is 0 Å². The fourth-order valence-corrected chi connectivity index (χ4v) is 2.35. The first-order chi connectivity index (χ1) is 8.66. The Morgan fingerprint density at radius 1 is 1.28 bits per heavy atom. The smallest absolute Gasteiger partial charge is 0.241 e. The van der Waals surface area contributed by atoms with Gasteiger partial charge in [-0.15, -0.1) is 0 Å². The van der Waals surface area contributed by atoms with Crippen LogP contribution in [0.15, 0.2) is 30.3 Å². The number of anilines is 1. The number of piperidine rings is 1. The molecular weight excluding hydrogens is 224 g/mol. The summed E-state index contributed by atoms with van der Waals surface area (Å²) in [7, 11) is 0. The lowest BCUT2D eigenvalue weighted by Gasteiger charge is -2.34. The van der Waals surface area contributed by atoms with E-state index in [1.165, 1.54) is 12.8 Å². The highest BCUT2D eigenvalue weighted by Gasteiger charge is 2.24. The van der Waals surface area contributed by atoms with Crippen molar-refractivity contribution in [2.75, 3.05) is 18.4 Å². The van der Waals surface area contributed by atoms with Crippen molar-refractivity contribution in [3.05, 3.63) is 30.3 Å². The number of rotatable bonds is 3. The van der Waals surface area contributed by atoms with Gasteiger partial charge in [0, 0.05) is 5.69 Å². The van der Waals surface area contributed by atoms with E-state index in [0.29, 0.717) is 0 Å². The Bertz CT molecular complexity index is 383. The number of benzene rings is 1. The first-order valence-corrected chi connectivity index (χ1v) is 6.77. The summed E-state index contributed by atoms with van der Waals surface area (Å²) < 4.78 is 0. The van der Waals surface area contributed by atoms with Crippen LogP contribution in [-0.4, -0.2) is 29.9 Å². The standard InChI is InChI=1S/C15H22N2O/c1-12-8-10-17(11-9-12)13(2)15(18)16-14-6-4-3-5-7-14/h3-7,12-13H,8-11H2,1-2H3,(H,16,18)/t13-/m0/s1. The maximum atomic E-state index is 12.1. The molecule has 18 heavy (non-hydrogen) atoms. The van der Waals surface area contributed by atoms with Crippen molar-refractivity contribution in [2.24, 2.45) is 5.92 Å². The summed E-state index contributed by atoms with van der Waals surface area (Å²) in [4.78, 5) is 14.4. The second kappa shape index (κ2) is 6.01. The first-order valence-electron chi connectivity index (χ1n) is 6.77. The molecule has 1 aliphatic heterocycles. The number of nitrogens with zero attached hydrogens (tertiary/aromatic N) is 1. The van der Waals surface area contributed by atoms with Gasteiger partial charge >= 0.3 is 0 Å². The molecule has 0 saturated carbocycles. The third-order valence-electron chi connectivity index (χ3n) is 3.79. The lowest BCUT2D eigenvalue weighted by molar-refractivity contribution is -0.121. The highest BCUT2D eigenvalue weighted by molar-refractivity contribution is 5.94.